The number of carbonyl (C=O) groups is 1. The normalized spacial score (nSPS) is 15.2. The second kappa shape index (κ2) is 7.47. The molecule has 0 saturated heterocycles. The lowest BCUT2D eigenvalue weighted by atomic mass is 9.98. The maximum absolute atomic E-state index is 12.2. The standard InChI is InChI=1S/C18H24N4O2/c1-13-10-16(22(2)21-13)18(23)20-12-14-8-9-19-17(11-14)24-15-6-4-3-5-7-15/h8-11,15H,3-7,12H2,1-2H3,(H,20,23). The molecule has 2 heterocycles. The molecule has 2 aromatic rings. The van der Waals surface area contributed by atoms with Gasteiger partial charge >= 0.3 is 0 Å². The summed E-state index contributed by atoms with van der Waals surface area (Å²) < 4.78 is 7.56. The number of pyridine rings is 1. The Hall–Kier alpha value is -2.37. The molecule has 1 aliphatic rings. The molecule has 0 radical (unpaired) electrons. The van der Waals surface area contributed by atoms with E-state index in [9.17, 15) is 4.79 Å². The number of carbonyl (C=O) groups excluding carboxylic acids is 1. The number of ether oxygens (including phenoxy) is 1. The summed E-state index contributed by atoms with van der Waals surface area (Å²) in [5, 5.41) is 7.11. The van der Waals surface area contributed by atoms with Gasteiger partial charge in [0.2, 0.25) is 5.88 Å². The van der Waals surface area contributed by atoms with Gasteiger partial charge in [0.1, 0.15) is 11.8 Å². The average Bonchev–Trinajstić information content (AvgIpc) is 2.92. The lowest BCUT2D eigenvalue weighted by Gasteiger charge is -2.22. The first-order valence-corrected chi connectivity index (χ1v) is 8.52. The Morgan fingerprint density at radius 3 is 2.83 bits per heavy atom. The second-order valence-corrected chi connectivity index (χ2v) is 6.36. The van der Waals surface area contributed by atoms with Crippen molar-refractivity contribution >= 4 is 5.91 Å². The van der Waals surface area contributed by atoms with E-state index >= 15 is 0 Å². The molecule has 0 atom stereocenters. The third kappa shape index (κ3) is 4.13. The van der Waals surface area contributed by atoms with Gasteiger partial charge in [-0.05, 0) is 50.3 Å². The van der Waals surface area contributed by atoms with E-state index in [1.54, 1.807) is 24.0 Å². The Morgan fingerprint density at radius 1 is 1.33 bits per heavy atom. The van der Waals surface area contributed by atoms with Gasteiger partial charge in [0.15, 0.2) is 0 Å². The Kier molecular flexibility index (Phi) is 5.13. The third-order valence-electron chi connectivity index (χ3n) is 4.33. The van der Waals surface area contributed by atoms with Crippen LogP contribution in [0, 0.1) is 6.92 Å². The second-order valence-electron chi connectivity index (χ2n) is 6.36. The number of rotatable bonds is 5. The molecule has 0 aliphatic heterocycles. The van der Waals surface area contributed by atoms with E-state index in [4.69, 9.17) is 4.74 Å². The zero-order chi connectivity index (χ0) is 16.9. The van der Waals surface area contributed by atoms with Gasteiger partial charge in [-0.1, -0.05) is 6.42 Å². The Balaban J connectivity index is 1.58. The monoisotopic (exact) mass is 328 g/mol. The molecule has 2 aromatic heterocycles. The van der Waals surface area contributed by atoms with Gasteiger partial charge in [-0.15, -0.1) is 0 Å². The Bertz CT molecular complexity index is 705. The Labute approximate surface area is 142 Å². The first-order chi connectivity index (χ1) is 11.6. The average molecular weight is 328 g/mol. The number of nitrogens with one attached hydrogen (secondary N) is 1. The van der Waals surface area contributed by atoms with E-state index in [0.29, 0.717) is 18.1 Å². The van der Waals surface area contributed by atoms with Crippen LogP contribution < -0.4 is 10.1 Å². The summed E-state index contributed by atoms with van der Waals surface area (Å²) >= 11 is 0. The summed E-state index contributed by atoms with van der Waals surface area (Å²) in [7, 11) is 1.77. The molecule has 1 aliphatic carbocycles. The summed E-state index contributed by atoms with van der Waals surface area (Å²) in [4.78, 5) is 16.5. The van der Waals surface area contributed by atoms with E-state index in [-0.39, 0.29) is 12.0 Å². The maximum atomic E-state index is 12.2. The molecule has 1 N–H and O–H groups in total. The summed E-state index contributed by atoms with van der Waals surface area (Å²) in [6, 6.07) is 5.57. The fraction of sp³-hybridized carbons (Fsp3) is 0.500. The van der Waals surface area contributed by atoms with Crippen LogP contribution in [-0.4, -0.2) is 26.8 Å². The minimum Gasteiger partial charge on any atom is -0.474 e. The highest BCUT2D eigenvalue weighted by Gasteiger charge is 2.16. The van der Waals surface area contributed by atoms with Crippen LogP contribution in [0.3, 0.4) is 0 Å². The van der Waals surface area contributed by atoms with Crippen LogP contribution in [0.5, 0.6) is 5.88 Å². The molecule has 3 rings (SSSR count). The van der Waals surface area contributed by atoms with Crippen molar-refractivity contribution < 1.29 is 9.53 Å². The predicted octanol–water partition coefficient (Wildman–Crippen LogP) is 2.77. The molecule has 6 heteroatoms. The molecule has 0 bridgehead atoms. The highest BCUT2D eigenvalue weighted by atomic mass is 16.5. The van der Waals surface area contributed by atoms with Crippen molar-refractivity contribution in [3.63, 3.8) is 0 Å². The van der Waals surface area contributed by atoms with Crippen molar-refractivity contribution in [1.82, 2.24) is 20.1 Å². The number of nitrogens with zero attached hydrogens (tertiary/aromatic N) is 3. The van der Waals surface area contributed by atoms with Gasteiger partial charge in [0, 0.05) is 25.9 Å². The lowest BCUT2D eigenvalue weighted by molar-refractivity contribution is 0.0941. The zero-order valence-corrected chi connectivity index (χ0v) is 14.3. The van der Waals surface area contributed by atoms with Crippen molar-refractivity contribution in [2.24, 2.45) is 7.05 Å². The SMILES string of the molecule is Cc1cc(C(=O)NCc2ccnc(OC3CCCCC3)c2)n(C)n1. The maximum Gasteiger partial charge on any atom is 0.269 e. The minimum atomic E-state index is -0.135. The number of hydrogen-bond donors (Lipinski definition) is 1. The van der Waals surface area contributed by atoms with Crippen LogP contribution >= 0.6 is 0 Å². The summed E-state index contributed by atoms with van der Waals surface area (Å²) in [6.07, 6.45) is 7.95. The highest BCUT2D eigenvalue weighted by Crippen LogP contribution is 2.22. The molecule has 1 amide bonds. The van der Waals surface area contributed by atoms with Gasteiger partial charge in [0.25, 0.3) is 5.91 Å². The summed E-state index contributed by atoms with van der Waals surface area (Å²) in [5.74, 6) is 0.509. The van der Waals surface area contributed by atoms with Crippen molar-refractivity contribution in [1.29, 1.82) is 0 Å². The van der Waals surface area contributed by atoms with Gasteiger partial charge in [-0.2, -0.15) is 5.10 Å². The van der Waals surface area contributed by atoms with Crippen molar-refractivity contribution in [2.75, 3.05) is 0 Å². The quantitative estimate of drug-likeness (QED) is 0.916. The molecule has 0 unspecified atom stereocenters. The van der Waals surface area contributed by atoms with Crippen LogP contribution in [0.25, 0.3) is 0 Å². The van der Waals surface area contributed by atoms with Crippen molar-refractivity contribution in [3.05, 3.63) is 41.3 Å². The molecular weight excluding hydrogens is 304 g/mol. The first kappa shape index (κ1) is 16.5. The third-order valence-corrected chi connectivity index (χ3v) is 4.33. The molecule has 1 saturated carbocycles. The number of hydrogen-bond acceptors (Lipinski definition) is 4. The molecular formula is C18H24N4O2. The fourth-order valence-corrected chi connectivity index (χ4v) is 3.07. The number of amides is 1. The van der Waals surface area contributed by atoms with E-state index in [1.807, 2.05) is 19.1 Å². The molecule has 128 valence electrons. The van der Waals surface area contributed by atoms with Crippen LogP contribution in [-0.2, 0) is 13.6 Å². The predicted molar refractivity (Wildman–Crippen MR) is 90.9 cm³/mol. The molecule has 1 fully saturated rings. The largest absolute Gasteiger partial charge is 0.474 e. The topological polar surface area (TPSA) is 69.0 Å². The minimum absolute atomic E-state index is 0.135. The van der Waals surface area contributed by atoms with E-state index < -0.39 is 0 Å². The Morgan fingerprint density at radius 2 is 2.12 bits per heavy atom. The van der Waals surface area contributed by atoms with Crippen LogP contribution in [0.2, 0.25) is 0 Å². The molecule has 6 nitrogen and oxygen atoms in total. The molecule has 24 heavy (non-hydrogen) atoms. The smallest absolute Gasteiger partial charge is 0.269 e. The number of aryl methyl sites for hydroxylation is 2. The lowest BCUT2D eigenvalue weighted by Crippen LogP contribution is -2.25. The van der Waals surface area contributed by atoms with Gasteiger partial charge in [-0.3, -0.25) is 9.48 Å². The van der Waals surface area contributed by atoms with Gasteiger partial charge < -0.3 is 10.1 Å². The van der Waals surface area contributed by atoms with Gasteiger partial charge in [-0.25, -0.2) is 4.98 Å². The first-order valence-electron chi connectivity index (χ1n) is 8.52. The van der Waals surface area contributed by atoms with Gasteiger partial charge in [0.05, 0.1) is 5.69 Å². The summed E-state index contributed by atoms with van der Waals surface area (Å²) in [5.41, 5.74) is 2.36. The van der Waals surface area contributed by atoms with Crippen molar-refractivity contribution in [3.8, 4) is 5.88 Å². The van der Waals surface area contributed by atoms with Crippen LogP contribution in [0.1, 0.15) is 53.8 Å². The zero-order valence-electron chi connectivity index (χ0n) is 14.3. The van der Waals surface area contributed by atoms with Crippen LogP contribution in [0.4, 0.5) is 0 Å². The number of aromatic nitrogens is 3. The highest BCUT2D eigenvalue weighted by molar-refractivity contribution is 5.92. The summed E-state index contributed by atoms with van der Waals surface area (Å²) in [6.45, 7) is 2.31. The molecule has 0 aromatic carbocycles. The van der Waals surface area contributed by atoms with E-state index in [0.717, 1.165) is 24.1 Å². The van der Waals surface area contributed by atoms with Crippen molar-refractivity contribution in [2.45, 2.75) is 51.7 Å². The van der Waals surface area contributed by atoms with E-state index in [1.165, 1.54) is 19.3 Å². The molecule has 0 spiro atoms. The fourth-order valence-electron chi connectivity index (χ4n) is 3.07. The van der Waals surface area contributed by atoms with E-state index in [2.05, 4.69) is 15.4 Å². The van der Waals surface area contributed by atoms with Crippen LogP contribution in [0.15, 0.2) is 24.4 Å².